The Kier molecular flexibility index (Phi) is 7.04. The first-order valence-electron chi connectivity index (χ1n) is 6.81. The quantitative estimate of drug-likeness (QED) is 0.626. The van der Waals surface area contributed by atoms with Crippen LogP contribution in [0.15, 0.2) is 24.3 Å². The lowest BCUT2D eigenvalue weighted by Crippen LogP contribution is -2.39. The number of aliphatic hydroxyl groups excluding tert-OH is 1. The maximum absolute atomic E-state index is 12.0. The molecule has 1 aromatic carbocycles. The summed E-state index contributed by atoms with van der Waals surface area (Å²) < 4.78 is 5.02. The zero-order chi connectivity index (χ0) is 15.0. The van der Waals surface area contributed by atoms with Crippen molar-refractivity contribution in [3.8, 4) is 0 Å². The summed E-state index contributed by atoms with van der Waals surface area (Å²) in [6, 6.07) is 7.41. The van der Waals surface area contributed by atoms with Crippen molar-refractivity contribution in [1.29, 1.82) is 0 Å². The van der Waals surface area contributed by atoms with Crippen LogP contribution < -0.4 is 11.1 Å². The van der Waals surface area contributed by atoms with Gasteiger partial charge in [-0.2, -0.15) is 0 Å². The molecule has 0 saturated carbocycles. The Morgan fingerprint density at radius 3 is 2.60 bits per heavy atom. The first-order chi connectivity index (χ1) is 9.56. The second-order valence-corrected chi connectivity index (χ2v) is 5.00. The number of rotatable bonds is 8. The number of amides is 1. The molecule has 0 radical (unpaired) electrons. The van der Waals surface area contributed by atoms with Gasteiger partial charge in [0.15, 0.2) is 0 Å². The molecule has 2 unspecified atom stereocenters. The SMILES string of the molecule is COCC(CCO)NC(=O)CC(C)c1ccc(N)cc1. The number of nitrogens with two attached hydrogens (primary N) is 1. The standard InChI is InChI=1S/C15H24N2O3/c1-11(12-3-5-13(16)6-4-12)9-15(19)17-14(7-8-18)10-20-2/h3-6,11,14,18H,7-10,16H2,1-2H3,(H,17,19). The van der Waals surface area contributed by atoms with E-state index >= 15 is 0 Å². The predicted octanol–water partition coefficient (Wildman–Crippen LogP) is 1.28. The molecule has 0 bridgehead atoms. The van der Waals surface area contributed by atoms with E-state index in [9.17, 15) is 4.79 Å². The first-order valence-corrected chi connectivity index (χ1v) is 6.81. The number of methoxy groups -OCH3 is 1. The van der Waals surface area contributed by atoms with Crippen molar-refractivity contribution in [3.63, 3.8) is 0 Å². The van der Waals surface area contributed by atoms with Crippen molar-refractivity contribution in [3.05, 3.63) is 29.8 Å². The van der Waals surface area contributed by atoms with Gasteiger partial charge in [0, 0.05) is 25.8 Å². The number of nitrogen functional groups attached to an aromatic ring is 1. The number of aliphatic hydroxyl groups is 1. The Labute approximate surface area is 120 Å². The number of benzene rings is 1. The summed E-state index contributed by atoms with van der Waals surface area (Å²) in [5, 5.41) is 11.8. The molecule has 0 heterocycles. The zero-order valence-corrected chi connectivity index (χ0v) is 12.1. The number of anilines is 1. The summed E-state index contributed by atoms with van der Waals surface area (Å²) in [5.41, 5.74) is 7.44. The molecule has 0 fully saturated rings. The van der Waals surface area contributed by atoms with Gasteiger partial charge >= 0.3 is 0 Å². The summed E-state index contributed by atoms with van der Waals surface area (Å²) in [4.78, 5) is 12.0. The molecule has 20 heavy (non-hydrogen) atoms. The van der Waals surface area contributed by atoms with E-state index in [1.54, 1.807) is 7.11 Å². The van der Waals surface area contributed by atoms with Crippen molar-refractivity contribution in [1.82, 2.24) is 5.32 Å². The average Bonchev–Trinajstić information content (AvgIpc) is 2.39. The minimum atomic E-state index is -0.142. The molecule has 1 amide bonds. The van der Waals surface area contributed by atoms with Crippen LogP contribution >= 0.6 is 0 Å². The number of carbonyl (C=O) groups is 1. The summed E-state index contributed by atoms with van der Waals surface area (Å²) in [6.45, 7) is 2.44. The normalized spacial score (nSPS) is 13.8. The number of hydrogen-bond acceptors (Lipinski definition) is 4. The highest BCUT2D eigenvalue weighted by Gasteiger charge is 2.15. The number of ether oxygens (including phenoxy) is 1. The highest BCUT2D eigenvalue weighted by molar-refractivity contribution is 5.77. The van der Waals surface area contributed by atoms with Crippen LogP contribution in [0.4, 0.5) is 5.69 Å². The van der Waals surface area contributed by atoms with Gasteiger partial charge in [-0.15, -0.1) is 0 Å². The van der Waals surface area contributed by atoms with E-state index in [0.717, 1.165) is 5.56 Å². The van der Waals surface area contributed by atoms with E-state index < -0.39 is 0 Å². The summed E-state index contributed by atoms with van der Waals surface area (Å²) in [7, 11) is 1.58. The largest absolute Gasteiger partial charge is 0.399 e. The Morgan fingerprint density at radius 1 is 1.40 bits per heavy atom. The Bertz CT molecular complexity index is 400. The van der Waals surface area contributed by atoms with Crippen LogP contribution in [0, 0.1) is 0 Å². The van der Waals surface area contributed by atoms with Crippen molar-refractivity contribution >= 4 is 11.6 Å². The van der Waals surface area contributed by atoms with Gasteiger partial charge in [-0.25, -0.2) is 0 Å². The van der Waals surface area contributed by atoms with Gasteiger partial charge in [0.25, 0.3) is 0 Å². The van der Waals surface area contributed by atoms with Gasteiger partial charge in [-0.05, 0) is 30.0 Å². The van der Waals surface area contributed by atoms with Gasteiger partial charge in [0.1, 0.15) is 0 Å². The molecule has 0 aromatic heterocycles. The third-order valence-electron chi connectivity index (χ3n) is 3.21. The summed E-state index contributed by atoms with van der Waals surface area (Å²) in [5.74, 6) is 0.0812. The van der Waals surface area contributed by atoms with Crippen molar-refractivity contribution in [2.45, 2.75) is 31.7 Å². The molecule has 5 heteroatoms. The van der Waals surface area contributed by atoms with Crippen LogP contribution in [0.25, 0.3) is 0 Å². The molecular formula is C15H24N2O3. The monoisotopic (exact) mass is 280 g/mol. The lowest BCUT2D eigenvalue weighted by atomic mass is 9.97. The third-order valence-corrected chi connectivity index (χ3v) is 3.21. The Balaban J connectivity index is 2.49. The van der Waals surface area contributed by atoms with Crippen LogP contribution in [-0.4, -0.2) is 37.4 Å². The second-order valence-electron chi connectivity index (χ2n) is 5.00. The molecule has 112 valence electrons. The highest BCUT2D eigenvalue weighted by atomic mass is 16.5. The van der Waals surface area contributed by atoms with Crippen molar-refractivity contribution < 1.29 is 14.6 Å². The van der Waals surface area contributed by atoms with Gasteiger partial charge < -0.3 is 20.9 Å². The minimum Gasteiger partial charge on any atom is -0.399 e. The van der Waals surface area contributed by atoms with E-state index in [1.807, 2.05) is 31.2 Å². The molecule has 4 N–H and O–H groups in total. The van der Waals surface area contributed by atoms with Crippen LogP contribution in [0.3, 0.4) is 0 Å². The van der Waals surface area contributed by atoms with Crippen molar-refractivity contribution in [2.24, 2.45) is 0 Å². The summed E-state index contributed by atoms with van der Waals surface area (Å²) >= 11 is 0. The molecule has 0 saturated heterocycles. The van der Waals surface area contributed by atoms with E-state index in [4.69, 9.17) is 15.6 Å². The second kappa shape index (κ2) is 8.55. The van der Waals surface area contributed by atoms with Crippen LogP contribution in [0.5, 0.6) is 0 Å². The molecule has 0 spiro atoms. The van der Waals surface area contributed by atoms with Crippen LogP contribution in [-0.2, 0) is 9.53 Å². The molecular weight excluding hydrogens is 256 g/mol. The smallest absolute Gasteiger partial charge is 0.220 e. The fourth-order valence-corrected chi connectivity index (χ4v) is 2.06. The number of nitrogens with one attached hydrogen (secondary N) is 1. The maximum atomic E-state index is 12.0. The molecule has 5 nitrogen and oxygen atoms in total. The molecule has 2 atom stereocenters. The number of carbonyl (C=O) groups excluding carboxylic acids is 1. The molecule has 0 aliphatic rings. The molecule has 0 aliphatic heterocycles. The maximum Gasteiger partial charge on any atom is 0.220 e. The van der Waals surface area contributed by atoms with Gasteiger partial charge in [0.2, 0.25) is 5.91 Å². The molecule has 1 rings (SSSR count). The minimum absolute atomic E-state index is 0.0296. The fraction of sp³-hybridized carbons (Fsp3) is 0.533. The van der Waals surface area contributed by atoms with E-state index in [0.29, 0.717) is 25.1 Å². The lowest BCUT2D eigenvalue weighted by molar-refractivity contribution is -0.122. The van der Waals surface area contributed by atoms with Gasteiger partial charge in [0.05, 0.1) is 12.6 Å². The predicted molar refractivity (Wildman–Crippen MR) is 79.4 cm³/mol. The summed E-state index contributed by atoms with van der Waals surface area (Å²) in [6.07, 6.45) is 0.894. The van der Waals surface area contributed by atoms with Crippen molar-refractivity contribution in [2.75, 3.05) is 26.1 Å². The molecule has 0 aliphatic carbocycles. The van der Waals surface area contributed by atoms with Gasteiger partial charge in [-0.3, -0.25) is 4.79 Å². The Morgan fingerprint density at radius 2 is 2.05 bits per heavy atom. The zero-order valence-electron chi connectivity index (χ0n) is 12.1. The van der Waals surface area contributed by atoms with E-state index in [2.05, 4.69) is 5.32 Å². The average molecular weight is 280 g/mol. The lowest BCUT2D eigenvalue weighted by Gasteiger charge is -2.18. The van der Waals surface area contributed by atoms with E-state index in [1.165, 1.54) is 0 Å². The first kappa shape index (κ1) is 16.5. The Hall–Kier alpha value is -1.59. The number of hydrogen-bond donors (Lipinski definition) is 3. The third kappa shape index (κ3) is 5.59. The van der Waals surface area contributed by atoms with E-state index in [-0.39, 0.29) is 24.5 Å². The molecule has 1 aromatic rings. The highest BCUT2D eigenvalue weighted by Crippen LogP contribution is 2.20. The van der Waals surface area contributed by atoms with Crippen LogP contribution in [0.1, 0.15) is 31.2 Å². The van der Waals surface area contributed by atoms with Gasteiger partial charge in [-0.1, -0.05) is 19.1 Å². The fourth-order valence-electron chi connectivity index (χ4n) is 2.06. The van der Waals surface area contributed by atoms with Crippen LogP contribution in [0.2, 0.25) is 0 Å². The topological polar surface area (TPSA) is 84.6 Å².